The minimum absolute atomic E-state index is 0.0575. The van der Waals surface area contributed by atoms with E-state index >= 15 is 0 Å². The average Bonchev–Trinajstić information content (AvgIpc) is 2.51. The summed E-state index contributed by atoms with van der Waals surface area (Å²) in [6.45, 7) is 0. The van der Waals surface area contributed by atoms with Crippen LogP contribution in [-0.4, -0.2) is 30.0 Å². The Morgan fingerprint density at radius 1 is 1.23 bits per heavy atom. The van der Waals surface area contributed by atoms with Crippen LogP contribution in [0, 0.1) is 11.8 Å². The van der Waals surface area contributed by atoms with E-state index in [9.17, 15) is 18.7 Å². The third-order valence-corrected chi connectivity index (χ3v) is 5.27. The summed E-state index contributed by atoms with van der Waals surface area (Å²) in [7, 11) is 1.56. The summed E-state index contributed by atoms with van der Waals surface area (Å²) in [5.74, 6) is -1.04. The zero-order chi connectivity index (χ0) is 15.9. The number of hydrogen-bond acceptors (Lipinski definition) is 3. The number of ether oxygens (including phenoxy) is 1. The van der Waals surface area contributed by atoms with Crippen LogP contribution < -0.4 is 4.74 Å². The summed E-state index contributed by atoms with van der Waals surface area (Å²) in [5.41, 5.74) is -1.38. The Labute approximate surface area is 128 Å². The average molecular weight is 310 g/mol. The highest BCUT2D eigenvalue weighted by Crippen LogP contribution is 2.52. The number of ketones is 1. The number of Topliss-reactive ketones (excluding diaryl/α,β-unsaturated/α-hetero) is 1. The topological polar surface area (TPSA) is 46.5 Å². The highest BCUT2D eigenvalue weighted by Gasteiger charge is 2.58. The Balaban J connectivity index is 1.97. The normalized spacial score (nSPS) is 34.8. The lowest BCUT2D eigenvalue weighted by Crippen LogP contribution is -2.57. The third kappa shape index (κ3) is 2.32. The van der Waals surface area contributed by atoms with Crippen LogP contribution in [0.5, 0.6) is 5.75 Å². The molecule has 1 N–H and O–H groups in total. The summed E-state index contributed by atoms with van der Waals surface area (Å²) in [4.78, 5) is 12.5. The molecule has 3 rings (SSSR count). The Kier molecular flexibility index (Phi) is 3.93. The molecule has 2 fully saturated rings. The van der Waals surface area contributed by atoms with Crippen molar-refractivity contribution >= 4 is 5.78 Å². The second kappa shape index (κ2) is 5.61. The summed E-state index contributed by atoms with van der Waals surface area (Å²) in [5, 5.41) is 10.5. The van der Waals surface area contributed by atoms with Crippen LogP contribution >= 0.6 is 0 Å². The fourth-order valence-electron chi connectivity index (χ4n) is 4.06. The van der Waals surface area contributed by atoms with Gasteiger partial charge in [-0.05, 0) is 42.9 Å². The van der Waals surface area contributed by atoms with Gasteiger partial charge in [0.25, 0.3) is 6.43 Å². The number of halogens is 2. The number of rotatable bonds is 3. The van der Waals surface area contributed by atoms with Crippen molar-refractivity contribution in [1.82, 2.24) is 0 Å². The van der Waals surface area contributed by atoms with Crippen molar-refractivity contribution in [2.45, 2.75) is 43.6 Å². The maximum Gasteiger partial charge on any atom is 0.267 e. The Morgan fingerprint density at radius 2 is 1.91 bits per heavy atom. The molecule has 0 heterocycles. The number of fused-ring (bicyclic) bond motifs is 2. The van der Waals surface area contributed by atoms with Gasteiger partial charge in [-0.3, -0.25) is 4.79 Å². The van der Waals surface area contributed by atoms with Crippen molar-refractivity contribution in [2.24, 2.45) is 11.8 Å². The maximum absolute atomic E-state index is 13.5. The molecule has 4 atom stereocenters. The first-order valence-corrected chi connectivity index (χ1v) is 7.65. The number of carbonyl (C=O) groups is 1. The van der Waals surface area contributed by atoms with Crippen LogP contribution in [0.2, 0.25) is 0 Å². The SMILES string of the molecule is COc1ccc([C@@H]2C[C@@](O)(C(F)F)[C@H]3CCC[C@@H]2C3=O)cc1. The van der Waals surface area contributed by atoms with Gasteiger partial charge in [-0.1, -0.05) is 18.6 Å². The zero-order valence-electron chi connectivity index (χ0n) is 12.5. The molecule has 2 aliphatic carbocycles. The molecule has 3 nitrogen and oxygen atoms in total. The van der Waals surface area contributed by atoms with Crippen LogP contribution in [0.25, 0.3) is 0 Å². The highest BCUT2D eigenvalue weighted by atomic mass is 19.3. The first-order chi connectivity index (χ1) is 10.5. The van der Waals surface area contributed by atoms with Gasteiger partial charge in [-0.15, -0.1) is 0 Å². The molecule has 1 aromatic rings. The fraction of sp³-hybridized carbons (Fsp3) is 0.588. The first kappa shape index (κ1) is 15.4. The molecule has 2 saturated carbocycles. The summed E-state index contributed by atoms with van der Waals surface area (Å²) < 4.78 is 32.0. The fourth-order valence-corrected chi connectivity index (χ4v) is 4.06. The molecule has 0 unspecified atom stereocenters. The summed E-state index contributed by atoms with van der Waals surface area (Å²) >= 11 is 0. The first-order valence-electron chi connectivity index (χ1n) is 7.65. The zero-order valence-corrected chi connectivity index (χ0v) is 12.5. The number of methoxy groups -OCH3 is 1. The number of carbonyl (C=O) groups excluding carboxylic acids is 1. The Bertz CT molecular complexity index is 558. The van der Waals surface area contributed by atoms with Crippen LogP contribution in [0.1, 0.15) is 37.2 Å². The molecule has 0 aliphatic heterocycles. The molecule has 0 saturated heterocycles. The van der Waals surface area contributed by atoms with Crippen LogP contribution in [0.15, 0.2) is 24.3 Å². The molecule has 0 aromatic heterocycles. The van der Waals surface area contributed by atoms with E-state index in [4.69, 9.17) is 4.74 Å². The van der Waals surface area contributed by atoms with Gasteiger partial charge in [-0.2, -0.15) is 0 Å². The maximum atomic E-state index is 13.5. The van der Waals surface area contributed by atoms with E-state index in [-0.39, 0.29) is 24.0 Å². The van der Waals surface area contributed by atoms with Gasteiger partial charge in [0, 0.05) is 5.92 Å². The molecule has 0 amide bonds. The standard InChI is InChI=1S/C17H20F2O3/c1-22-11-7-5-10(6-8-11)13-9-17(21,16(18)19)14-4-2-3-12(13)15(14)20/h5-8,12-14,16,21H,2-4,9H2,1H3/t12-,13-,14-,17-/m0/s1. The van der Waals surface area contributed by atoms with Gasteiger partial charge >= 0.3 is 0 Å². The predicted octanol–water partition coefficient (Wildman–Crippen LogP) is 3.16. The van der Waals surface area contributed by atoms with E-state index in [2.05, 4.69) is 0 Å². The largest absolute Gasteiger partial charge is 0.497 e. The van der Waals surface area contributed by atoms with Crippen molar-refractivity contribution in [1.29, 1.82) is 0 Å². The lowest BCUT2D eigenvalue weighted by molar-refractivity contribution is -0.181. The third-order valence-electron chi connectivity index (χ3n) is 5.27. The minimum atomic E-state index is -2.90. The lowest BCUT2D eigenvalue weighted by atomic mass is 9.58. The predicted molar refractivity (Wildman–Crippen MR) is 77.1 cm³/mol. The number of aliphatic hydroxyl groups is 1. The number of alkyl halides is 2. The molecule has 0 spiro atoms. The van der Waals surface area contributed by atoms with E-state index in [1.165, 1.54) is 0 Å². The molecular weight excluding hydrogens is 290 g/mol. The minimum Gasteiger partial charge on any atom is -0.497 e. The second-order valence-corrected chi connectivity index (χ2v) is 6.37. The van der Waals surface area contributed by atoms with E-state index in [0.29, 0.717) is 25.0 Å². The summed E-state index contributed by atoms with van der Waals surface area (Å²) in [6.07, 6.45) is -1.17. The van der Waals surface area contributed by atoms with Crippen molar-refractivity contribution in [3.8, 4) is 5.75 Å². The van der Waals surface area contributed by atoms with E-state index < -0.39 is 17.9 Å². The lowest BCUT2D eigenvalue weighted by Gasteiger charge is -2.48. The quantitative estimate of drug-likeness (QED) is 0.933. The van der Waals surface area contributed by atoms with Crippen molar-refractivity contribution in [3.05, 3.63) is 29.8 Å². The molecule has 22 heavy (non-hydrogen) atoms. The molecule has 0 radical (unpaired) electrons. The van der Waals surface area contributed by atoms with Gasteiger partial charge in [-0.25, -0.2) is 8.78 Å². The van der Waals surface area contributed by atoms with E-state index in [1.807, 2.05) is 0 Å². The monoisotopic (exact) mass is 310 g/mol. The number of hydrogen-bond donors (Lipinski definition) is 1. The second-order valence-electron chi connectivity index (χ2n) is 6.37. The van der Waals surface area contributed by atoms with Crippen molar-refractivity contribution in [3.63, 3.8) is 0 Å². The number of benzene rings is 1. The van der Waals surface area contributed by atoms with Gasteiger partial charge in [0.2, 0.25) is 0 Å². The molecule has 120 valence electrons. The Morgan fingerprint density at radius 3 is 2.50 bits per heavy atom. The highest BCUT2D eigenvalue weighted by molar-refractivity contribution is 5.87. The van der Waals surface area contributed by atoms with Gasteiger partial charge in [0.05, 0.1) is 13.0 Å². The molecular formula is C17H20F2O3. The van der Waals surface area contributed by atoms with Gasteiger partial charge in [0.1, 0.15) is 17.1 Å². The molecule has 1 aromatic carbocycles. The van der Waals surface area contributed by atoms with Crippen LogP contribution in [0.4, 0.5) is 8.78 Å². The smallest absolute Gasteiger partial charge is 0.267 e. The van der Waals surface area contributed by atoms with Gasteiger partial charge in [0.15, 0.2) is 0 Å². The van der Waals surface area contributed by atoms with E-state index in [0.717, 1.165) is 5.56 Å². The van der Waals surface area contributed by atoms with Crippen LogP contribution in [0.3, 0.4) is 0 Å². The summed E-state index contributed by atoms with van der Waals surface area (Å²) in [6, 6.07) is 7.13. The van der Waals surface area contributed by atoms with E-state index in [1.54, 1.807) is 31.4 Å². The van der Waals surface area contributed by atoms with Crippen molar-refractivity contribution < 1.29 is 23.4 Å². The van der Waals surface area contributed by atoms with Crippen LogP contribution in [-0.2, 0) is 4.79 Å². The molecule has 2 bridgehead atoms. The molecule has 2 aliphatic rings. The van der Waals surface area contributed by atoms with Gasteiger partial charge < -0.3 is 9.84 Å². The molecule has 5 heteroatoms. The van der Waals surface area contributed by atoms with Crippen molar-refractivity contribution in [2.75, 3.05) is 7.11 Å². The Hall–Kier alpha value is -1.49.